The number of aromatic nitrogens is 4. The minimum atomic E-state index is -1.14. The standard InChI is InChI=1S/C19H15FN4O3S/c1-10-16(11-2-4-12(20)5-3-11)17-21-8-13-14(24(17)22-10)6-7-23(18(13)25)15(9-28)19(26)27/h2-8,15,28H,9H2,1H3,(H,26,27). The highest BCUT2D eigenvalue weighted by molar-refractivity contribution is 7.80. The van der Waals surface area contributed by atoms with Gasteiger partial charge in [-0.1, -0.05) is 12.1 Å². The summed E-state index contributed by atoms with van der Waals surface area (Å²) in [5.74, 6) is -1.50. The first-order chi connectivity index (χ1) is 13.4. The van der Waals surface area contributed by atoms with E-state index in [1.165, 1.54) is 24.5 Å². The number of hydrogen-bond acceptors (Lipinski definition) is 5. The lowest BCUT2D eigenvalue weighted by atomic mass is 10.1. The van der Waals surface area contributed by atoms with Crippen molar-refractivity contribution in [3.63, 3.8) is 0 Å². The molecule has 0 amide bonds. The number of benzene rings is 1. The molecular formula is C19H15FN4O3S. The molecule has 7 nitrogen and oxygen atoms in total. The van der Waals surface area contributed by atoms with Crippen molar-refractivity contribution in [2.75, 3.05) is 5.75 Å². The number of pyridine rings is 1. The quantitative estimate of drug-likeness (QED) is 0.516. The molecular weight excluding hydrogens is 383 g/mol. The number of nitrogens with zero attached hydrogens (tertiary/aromatic N) is 4. The third-order valence-corrected chi connectivity index (χ3v) is 4.99. The molecule has 3 heterocycles. The molecule has 0 fully saturated rings. The molecule has 1 aromatic carbocycles. The van der Waals surface area contributed by atoms with Crippen LogP contribution < -0.4 is 5.56 Å². The maximum Gasteiger partial charge on any atom is 0.327 e. The van der Waals surface area contributed by atoms with E-state index in [-0.39, 0.29) is 17.0 Å². The van der Waals surface area contributed by atoms with Crippen molar-refractivity contribution in [3.8, 4) is 11.1 Å². The highest BCUT2D eigenvalue weighted by Gasteiger charge is 2.21. The van der Waals surface area contributed by atoms with Crippen molar-refractivity contribution in [1.29, 1.82) is 0 Å². The second kappa shape index (κ2) is 6.75. The summed E-state index contributed by atoms with van der Waals surface area (Å²) in [5, 5.41) is 14.1. The van der Waals surface area contributed by atoms with E-state index < -0.39 is 17.6 Å². The van der Waals surface area contributed by atoms with Crippen LogP contribution in [-0.4, -0.2) is 36.0 Å². The van der Waals surface area contributed by atoms with Gasteiger partial charge < -0.3 is 5.11 Å². The summed E-state index contributed by atoms with van der Waals surface area (Å²) in [7, 11) is 0. The Labute approximate surface area is 163 Å². The smallest absolute Gasteiger partial charge is 0.327 e. The van der Waals surface area contributed by atoms with E-state index in [4.69, 9.17) is 0 Å². The van der Waals surface area contributed by atoms with Gasteiger partial charge in [-0.05, 0) is 30.7 Å². The zero-order valence-corrected chi connectivity index (χ0v) is 15.6. The Morgan fingerprint density at radius 1 is 1.29 bits per heavy atom. The number of thiol groups is 1. The highest BCUT2D eigenvalue weighted by atomic mass is 32.1. The van der Waals surface area contributed by atoms with Crippen LogP contribution in [0, 0.1) is 12.7 Å². The average Bonchev–Trinajstić information content (AvgIpc) is 3.01. The number of carboxylic acid groups (broad SMARTS) is 1. The van der Waals surface area contributed by atoms with Gasteiger partial charge in [0.1, 0.15) is 11.9 Å². The van der Waals surface area contributed by atoms with E-state index >= 15 is 0 Å². The second-order valence-corrected chi connectivity index (χ2v) is 6.69. The van der Waals surface area contributed by atoms with E-state index in [0.29, 0.717) is 16.9 Å². The van der Waals surface area contributed by atoms with Crippen LogP contribution in [0.5, 0.6) is 0 Å². The summed E-state index contributed by atoms with van der Waals surface area (Å²) in [4.78, 5) is 28.6. The molecule has 0 saturated heterocycles. The van der Waals surface area contributed by atoms with E-state index in [1.807, 2.05) is 6.92 Å². The fourth-order valence-corrected chi connectivity index (χ4v) is 3.61. The number of rotatable bonds is 4. The van der Waals surface area contributed by atoms with Gasteiger partial charge in [-0.2, -0.15) is 17.7 Å². The molecule has 4 aromatic rings. The number of carbonyl (C=O) groups is 1. The zero-order valence-electron chi connectivity index (χ0n) is 14.7. The topological polar surface area (TPSA) is 89.5 Å². The second-order valence-electron chi connectivity index (χ2n) is 6.32. The Hall–Kier alpha value is -3.20. The zero-order chi connectivity index (χ0) is 20.0. The molecule has 28 heavy (non-hydrogen) atoms. The summed E-state index contributed by atoms with van der Waals surface area (Å²) in [6.07, 6.45) is 2.84. The van der Waals surface area contributed by atoms with Gasteiger partial charge in [0, 0.05) is 23.7 Å². The van der Waals surface area contributed by atoms with Crippen LogP contribution >= 0.6 is 12.6 Å². The number of hydrogen-bond donors (Lipinski definition) is 2. The van der Waals surface area contributed by atoms with Gasteiger partial charge >= 0.3 is 5.97 Å². The van der Waals surface area contributed by atoms with Crippen LogP contribution in [0.4, 0.5) is 4.39 Å². The van der Waals surface area contributed by atoms with E-state index in [0.717, 1.165) is 15.7 Å². The number of halogens is 1. The van der Waals surface area contributed by atoms with E-state index in [2.05, 4.69) is 22.7 Å². The van der Waals surface area contributed by atoms with Crippen molar-refractivity contribution in [2.24, 2.45) is 0 Å². The van der Waals surface area contributed by atoms with Crippen LogP contribution in [0.25, 0.3) is 27.7 Å². The van der Waals surface area contributed by atoms with Crippen molar-refractivity contribution >= 4 is 35.1 Å². The molecule has 0 bridgehead atoms. The molecule has 1 atom stereocenters. The van der Waals surface area contributed by atoms with Crippen LogP contribution in [0.15, 0.2) is 47.5 Å². The third kappa shape index (κ3) is 2.75. The molecule has 0 radical (unpaired) electrons. The molecule has 0 spiro atoms. The maximum absolute atomic E-state index is 13.3. The third-order valence-electron chi connectivity index (χ3n) is 4.64. The Morgan fingerprint density at radius 3 is 2.64 bits per heavy atom. The number of fused-ring (bicyclic) bond motifs is 3. The highest BCUT2D eigenvalue weighted by Crippen LogP contribution is 2.28. The lowest BCUT2D eigenvalue weighted by Crippen LogP contribution is -2.31. The first-order valence-electron chi connectivity index (χ1n) is 8.41. The molecule has 0 saturated carbocycles. The molecule has 3 aromatic heterocycles. The van der Waals surface area contributed by atoms with Crippen LogP contribution in [0.1, 0.15) is 11.7 Å². The van der Waals surface area contributed by atoms with E-state index in [9.17, 15) is 19.1 Å². The average molecular weight is 398 g/mol. The fraction of sp³-hybridized carbons (Fsp3) is 0.158. The molecule has 0 aliphatic heterocycles. The lowest BCUT2D eigenvalue weighted by molar-refractivity contribution is -0.140. The number of carboxylic acids is 1. The molecule has 0 aliphatic rings. The lowest BCUT2D eigenvalue weighted by Gasteiger charge is -2.14. The summed E-state index contributed by atoms with van der Waals surface area (Å²) in [6.45, 7) is 1.81. The van der Waals surface area contributed by atoms with Crippen LogP contribution in [-0.2, 0) is 4.79 Å². The van der Waals surface area contributed by atoms with Crippen LogP contribution in [0.3, 0.4) is 0 Å². The number of aliphatic carboxylic acids is 1. The molecule has 1 N–H and O–H groups in total. The monoisotopic (exact) mass is 398 g/mol. The summed E-state index contributed by atoms with van der Waals surface area (Å²) in [5.41, 5.74) is 2.73. The van der Waals surface area contributed by atoms with Crippen molar-refractivity contribution in [1.82, 2.24) is 19.2 Å². The normalized spacial score (nSPS) is 12.5. The molecule has 1 unspecified atom stereocenters. The van der Waals surface area contributed by atoms with Gasteiger partial charge in [0.05, 0.1) is 16.6 Å². The molecule has 0 aliphatic carbocycles. The Morgan fingerprint density at radius 2 is 2.00 bits per heavy atom. The van der Waals surface area contributed by atoms with Gasteiger partial charge in [0.2, 0.25) is 0 Å². The van der Waals surface area contributed by atoms with Gasteiger partial charge in [-0.3, -0.25) is 9.36 Å². The Bertz CT molecular complexity index is 1280. The minimum Gasteiger partial charge on any atom is -0.480 e. The minimum absolute atomic E-state index is 0.0218. The molecule has 9 heteroatoms. The maximum atomic E-state index is 13.3. The summed E-state index contributed by atoms with van der Waals surface area (Å²) >= 11 is 4.03. The molecule has 4 rings (SSSR count). The van der Waals surface area contributed by atoms with Gasteiger partial charge in [0.25, 0.3) is 5.56 Å². The van der Waals surface area contributed by atoms with Crippen molar-refractivity contribution in [2.45, 2.75) is 13.0 Å². The largest absolute Gasteiger partial charge is 0.480 e. The predicted octanol–water partition coefficient (Wildman–Crippen LogP) is 2.71. The predicted molar refractivity (Wildman–Crippen MR) is 105 cm³/mol. The Balaban J connectivity index is 1.98. The Kier molecular flexibility index (Phi) is 4.38. The van der Waals surface area contributed by atoms with Crippen molar-refractivity contribution < 1.29 is 14.3 Å². The van der Waals surface area contributed by atoms with Crippen molar-refractivity contribution in [3.05, 3.63) is 64.6 Å². The van der Waals surface area contributed by atoms with Crippen LogP contribution in [0.2, 0.25) is 0 Å². The SMILES string of the molecule is Cc1nn2c(ncc3c(=O)n(C(CS)C(=O)O)ccc32)c1-c1ccc(F)cc1. The summed E-state index contributed by atoms with van der Waals surface area (Å²) < 4.78 is 15.9. The van der Waals surface area contributed by atoms with E-state index in [1.54, 1.807) is 22.7 Å². The summed E-state index contributed by atoms with van der Waals surface area (Å²) in [6, 6.07) is 6.57. The fourth-order valence-electron chi connectivity index (χ4n) is 3.28. The van der Waals surface area contributed by atoms with Gasteiger partial charge in [-0.25, -0.2) is 18.7 Å². The van der Waals surface area contributed by atoms with Gasteiger partial charge in [-0.15, -0.1) is 0 Å². The first kappa shape index (κ1) is 18.2. The molecule has 142 valence electrons. The van der Waals surface area contributed by atoms with Gasteiger partial charge in [0.15, 0.2) is 5.65 Å². The number of aryl methyl sites for hydroxylation is 1. The first-order valence-corrected chi connectivity index (χ1v) is 9.04.